The lowest BCUT2D eigenvalue weighted by Gasteiger charge is -1.97. The maximum atomic E-state index is 5.85. The van der Waals surface area contributed by atoms with Gasteiger partial charge in [-0.15, -0.1) is 0 Å². The van der Waals surface area contributed by atoms with Crippen LogP contribution in [-0.2, 0) is 0 Å². The van der Waals surface area contributed by atoms with Gasteiger partial charge in [-0.05, 0) is 46.3 Å². The molecule has 18 heavy (non-hydrogen) atoms. The van der Waals surface area contributed by atoms with Gasteiger partial charge in [-0.25, -0.2) is 4.98 Å². The molecular formula is C13H8BrClN2O. The molecule has 5 heteroatoms. The van der Waals surface area contributed by atoms with Gasteiger partial charge in [0.25, 0.3) is 0 Å². The van der Waals surface area contributed by atoms with E-state index in [9.17, 15) is 0 Å². The lowest BCUT2D eigenvalue weighted by Crippen LogP contribution is -1.87. The van der Waals surface area contributed by atoms with Crippen molar-refractivity contribution in [2.24, 2.45) is 0 Å². The van der Waals surface area contributed by atoms with Crippen molar-refractivity contribution in [3.05, 3.63) is 58.4 Å². The molecule has 0 amide bonds. The fourth-order valence-electron chi connectivity index (χ4n) is 1.62. The zero-order chi connectivity index (χ0) is 12.5. The second kappa shape index (κ2) is 4.63. The van der Waals surface area contributed by atoms with Crippen LogP contribution in [0.25, 0.3) is 17.3 Å². The van der Waals surface area contributed by atoms with Crippen LogP contribution in [0.1, 0.15) is 0 Å². The maximum Gasteiger partial charge on any atom is 0.306 e. The van der Waals surface area contributed by atoms with Gasteiger partial charge in [-0.2, -0.15) is 0 Å². The first-order valence-corrected chi connectivity index (χ1v) is 6.45. The van der Waals surface area contributed by atoms with E-state index in [0.29, 0.717) is 16.8 Å². The molecule has 3 rings (SSSR count). The summed E-state index contributed by atoms with van der Waals surface area (Å²) in [4.78, 5) is 4.24. The van der Waals surface area contributed by atoms with E-state index in [0.717, 1.165) is 10.0 Å². The summed E-state index contributed by atoms with van der Waals surface area (Å²) in [5.74, 6) is 0.714. The molecule has 2 aromatic heterocycles. The van der Waals surface area contributed by atoms with Crippen molar-refractivity contribution in [1.29, 1.82) is 0 Å². The van der Waals surface area contributed by atoms with Crippen molar-refractivity contribution in [3.63, 3.8) is 0 Å². The van der Waals surface area contributed by atoms with E-state index in [1.807, 2.05) is 47.3 Å². The summed E-state index contributed by atoms with van der Waals surface area (Å²) >= 11 is 9.23. The zero-order valence-corrected chi connectivity index (χ0v) is 11.5. The Morgan fingerprint density at radius 2 is 1.94 bits per heavy atom. The monoisotopic (exact) mass is 322 g/mol. The van der Waals surface area contributed by atoms with Crippen LogP contribution >= 0.6 is 27.5 Å². The van der Waals surface area contributed by atoms with Crippen LogP contribution in [0, 0.1) is 0 Å². The third-order valence-corrected chi connectivity index (χ3v) is 3.22. The lowest BCUT2D eigenvalue weighted by atomic mass is 10.2. The molecule has 0 atom stereocenters. The highest BCUT2D eigenvalue weighted by atomic mass is 79.9. The number of nitrogens with zero attached hydrogens (tertiary/aromatic N) is 2. The van der Waals surface area contributed by atoms with Crippen LogP contribution in [0.3, 0.4) is 0 Å². The summed E-state index contributed by atoms with van der Waals surface area (Å²) in [7, 11) is 0. The average Bonchev–Trinajstić information content (AvgIpc) is 2.98. The van der Waals surface area contributed by atoms with Gasteiger partial charge in [0.1, 0.15) is 0 Å². The van der Waals surface area contributed by atoms with Gasteiger partial charge in [0, 0.05) is 27.5 Å². The second-order valence-electron chi connectivity index (χ2n) is 3.75. The number of aromatic nitrogens is 2. The van der Waals surface area contributed by atoms with Crippen molar-refractivity contribution in [2.45, 2.75) is 0 Å². The molecule has 3 aromatic rings. The van der Waals surface area contributed by atoms with Gasteiger partial charge in [0.05, 0.1) is 6.20 Å². The Bertz CT molecular complexity index is 672. The second-order valence-corrected chi connectivity index (χ2v) is 5.10. The molecule has 0 aliphatic carbocycles. The van der Waals surface area contributed by atoms with Crippen molar-refractivity contribution < 1.29 is 4.42 Å². The Hall–Kier alpha value is -1.52. The highest BCUT2D eigenvalue weighted by Gasteiger charge is 2.07. The predicted octanol–water partition coefficient (Wildman–Crippen LogP) is 4.55. The molecule has 0 aliphatic heterocycles. The zero-order valence-electron chi connectivity index (χ0n) is 9.18. The van der Waals surface area contributed by atoms with Gasteiger partial charge in [0.2, 0.25) is 0 Å². The molecule has 90 valence electrons. The van der Waals surface area contributed by atoms with Crippen molar-refractivity contribution in [1.82, 2.24) is 9.55 Å². The highest BCUT2D eigenvalue weighted by Crippen LogP contribution is 2.24. The first-order chi connectivity index (χ1) is 8.72. The summed E-state index contributed by atoms with van der Waals surface area (Å²) in [6.07, 6.45) is 5.46. The highest BCUT2D eigenvalue weighted by molar-refractivity contribution is 9.10. The molecule has 0 radical (unpaired) electrons. The summed E-state index contributed by atoms with van der Waals surface area (Å²) in [6.45, 7) is 0. The van der Waals surface area contributed by atoms with Gasteiger partial charge in [-0.1, -0.05) is 11.6 Å². The number of rotatable bonds is 2. The minimum absolute atomic E-state index is 0.533. The lowest BCUT2D eigenvalue weighted by molar-refractivity contribution is 0.540. The van der Waals surface area contributed by atoms with Gasteiger partial charge < -0.3 is 4.42 Å². The van der Waals surface area contributed by atoms with E-state index < -0.39 is 0 Å². The average molecular weight is 324 g/mol. The molecule has 0 saturated carbocycles. The first-order valence-electron chi connectivity index (χ1n) is 5.28. The summed E-state index contributed by atoms with van der Waals surface area (Å²) < 4.78 is 8.49. The van der Waals surface area contributed by atoms with E-state index in [4.69, 9.17) is 16.0 Å². The smallest absolute Gasteiger partial charge is 0.306 e. The van der Waals surface area contributed by atoms with E-state index in [-0.39, 0.29) is 0 Å². The van der Waals surface area contributed by atoms with Crippen molar-refractivity contribution in [2.75, 3.05) is 0 Å². The molecule has 0 aliphatic rings. The normalized spacial score (nSPS) is 10.8. The molecule has 0 spiro atoms. The van der Waals surface area contributed by atoms with Crippen LogP contribution in [0.2, 0.25) is 5.02 Å². The van der Waals surface area contributed by atoms with Crippen LogP contribution in [0.15, 0.2) is 57.8 Å². The molecule has 0 N–H and O–H groups in total. The minimum atomic E-state index is 0.533. The third-order valence-electron chi connectivity index (χ3n) is 2.50. The fourth-order valence-corrected chi connectivity index (χ4v) is 2.09. The van der Waals surface area contributed by atoms with Crippen LogP contribution in [0.5, 0.6) is 0 Å². The third kappa shape index (κ3) is 2.21. The van der Waals surface area contributed by atoms with Crippen LogP contribution in [0.4, 0.5) is 0 Å². The molecule has 0 bridgehead atoms. The van der Waals surface area contributed by atoms with Crippen LogP contribution < -0.4 is 0 Å². The maximum absolute atomic E-state index is 5.85. The van der Waals surface area contributed by atoms with Crippen LogP contribution in [-0.4, -0.2) is 9.55 Å². The number of halogens is 2. The number of oxazole rings is 1. The quantitative estimate of drug-likeness (QED) is 0.693. The Kier molecular flexibility index (Phi) is 2.97. The largest absolute Gasteiger partial charge is 0.423 e. The van der Waals surface area contributed by atoms with Gasteiger partial charge >= 0.3 is 6.01 Å². The Labute approximate surface area is 117 Å². The molecule has 0 unspecified atom stereocenters. The number of hydrogen-bond donors (Lipinski definition) is 0. The molecule has 3 nitrogen and oxygen atoms in total. The minimum Gasteiger partial charge on any atom is -0.423 e. The number of hydrogen-bond acceptors (Lipinski definition) is 2. The van der Waals surface area contributed by atoms with E-state index in [2.05, 4.69) is 20.9 Å². The Morgan fingerprint density at radius 3 is 2.61 bits per heavy atom. The predicted molar refractivity (Wildman–Crippen MR) is 74.0 cm³/mol. The van der Waals surface area contributed by atoms with Gasteiger partial charge in [-0.3, -0.25) is 4.57 Å². The number of benzene rings is 1. The Balaban J connectivity index is 1.96. The first kappa shape index (κ1) is 11.6. The Morgan fingerprint density at radius 1 is 1.17 bits per heavy atom. The molecule has 0 fully saturated rings. The van der Waals surface area contributed by atoms with E-state index >= 15 is 0 Å². The summed E-state index contributed by atoms with van der Waals surface area (Å²) in [5, 5.41) is 0.702. The summed E-state index contributed by atoms with van der Waals surface area (Å²) in [6, 6.07) is 9.91. The molecular weight excluding hydrogens is 316 g/mol. The van der Waals surface area contributed by atoms with E-state index in [1.54, 1.807) is 6.20 Å². The molecule has 2 heterocycles. The standard InChI is InChI=1S/C13H8BrClN2O/c14-10-5-6-17(8-10)13-16-7-12(18-13)9-1-3-11(15)4-2-9/h1-8H. The fraction of sp³-hybridized carbons (Fsp3) is 0. The topological polar surface area (TPSA) is 31.0 Å². The van der Waals surface area contributed by atoms with Gasteiger partial charge in [0.15, 0.2) is 5.76 Å². The molecule has 0 saturated heterocycles. The van der Waals surface area contributed by atoms with E-state index in [1.165, 1.54) is 0 Å². The molecule has 1 aromatic carbocycles. The summed E-state index contributed by atoms with van der Waals surface area (Å²) in [5.41, 5.74) is 0.948. The van der Waals surface area contributed by atoms with Crippen molar-refractivity contribution in [3.8, 4) is 17.3 Å². The SMILES string of the molecule is Clc1ccc(-c2cnc(-n3ccc(Br)c3)o2)cc1. The van der Waals surface area contributed by atoms with Crippen molar-refractivity contribution >= 4 is 27.5 Å².